The summed E-state index contributed by atoms with van der Waals surface area (Å²) in [5.41, 5.74) is 0.590. The number of nitrogens with zero attached hydrogens (tertiary/aromatic N) is 2. The molecule has 0 amide bonds. The highest BCUT2D eigenvalue weighted by Gasteiger charge is 2.13. The third-order valence-corrected chi connectivity index (χ3v) is 2.50. The Morgan fingerprint density at radius 3 is 2.95 bits per heavy atom. The maximum atomic E-state index is 10.8. The lowest BCUT2D eigenvalue weighted by Crippen LogP contribution is -2.03. The molecule has 0 spiro atoms. The van der Waals surface area contributed by atoms with Gasteiger partial charge in [-0.25, -0.2) is 9.78 Å². The zero-order valence-electron chi connectivity index (χ0n) is 9.66. The molecule has 1 aliphatic rings. The minimum Gasteiger partial charge on any atom is -0.476 e. The van der Waals surface area contributed by atoms with Crippen LogP contribution in [0.5, 0.6) is 11.5 Å². The van der Waals surface area contributed by atoms with Crippen molar-refractivity contribution in [2.75, 3.05) is 12.1 Å². The van der Waals surface area contributed by atoms with E-state index in [1.165, 1.54) is 12.4 Å². The third-order valence-electron chi connectivity index (χ3n) is 2.50. The molecule has 7 heteroatoms. The maximum absolute atomic E-state index is 10.8. The van der Waals surface area contributed by atoms with Crippen molar-refractivity contribution >= 4 is 17.5 Å². The molecule has 2 aromatic rings. The molecule has 1 aromatic heterocycles. The number of aromatic carboxylic acids is 1. The summed E-state index contributed by atoms with van der Waals surface area (Å²) in [4.78, 5) is 18.5. The number of rotatable bonds is 3. The second-order valence-corrected chi connectivity index (χ2v) is 3.79. The second kappa shape index (κ2) is 4.45. The van der Waals surface area contributed by atoms with Crippen LogP contribution in [0.15, 0.2) is 30.6 Å². The molecule has 0 bridgehead atoms. The minimum atomic E-state index is -1.12. The van der Waals surface area contributed by atoms with Crippen molar-refractivity contribution in [2.24, 2.45) is 0 Å². The van der Waals surface area contributed by atoms with Crippen molar-refractivity contribution < 1.29 is 19.4 Å². The number of carboxylic acids is 1. The fraction of sp³-hybridized carbons (Fsp3) is 0.0833. The van der Waals surface area contributed by atoms with Gasteiger partial charge in [0, 0.05) is 11.8 Å². The van der Waals surface area contributed by atoms with E-state index in [0.29, 0.717) is 23.0 Å². The lowest BCUT2D eigenvalue weighted by Gasteiger charge is -2.06. The van der Waals surface area contributed by atoms with Gasteiger partial charge in [-0.2, -0.15) is 0 Å². The fourth-order valence-electron chi connectivity index (χ4n) is 1.65. The van der Waals surface area contributed by atoms with Gasteiger partial charge in [0.25, 0.3) is 0 Å². The van der Waals surface area contributed by atoms with Crippen LogP contribution in [-0.2, 0) is 0 Å². The minimum absolute atomic E-state index is 0.120. The molecule has 1 aromatic carbocycles. The summed E-state index contributed by atoms with van der Waals surface area (Å²) >= 11 is 0. The van der Waals surface area contributed by atoms with Gasteiger partial charge in [-0.15, -0.1) is 0 Å². The Kier molecular flexibility index (Phi) is 2.64. The van der Waals surface area contributed by atoms with Gasteiger partial charge in [0.2, 0.25) is 6.79 Å². The number of carboxylic acid groups (broad SMARTS) is 1. The van der Waals surface area contributed by atoms with Crippen molar-refractivity contribution in [3.63, 3.8) is 0 Å². The van der Waals surface area contributed by atoms with Crippen molar-refractivity contribution in [3.8, 4) is 11.5 Å². The predicted molar refractivity (Wildman–Crippen MR) is 64.8 cm³/mol. The van der Waals surface area contributed by atoms with Crippen LogP contribution in [0, 0.1) is 0 Å². The van der Waals surface area contributed by atoms with E-state index in [2.05, 4.69) is 15.3 Å². The van der Waals surface area contributed by atoms with Crippen LogP contribution < -0.4 is 14.8 Å². The van der Waals surface area contributed by atoms with Crippen LogP contribution in [0.2, 0.25) is 0 Å². The number of hydrogen-bond donors (Lipinski definition) is 2. The summed E-state index contributed by atoms with van der Waals surface area (Å²) in [6, 6.07) is 5.29. The number of aromatic nitrogens is 2. The lowest BCUT2D eigenvalue weighted by atomic mass is 10.3. The number of hydrogen-bond acceptors (Lipinski definition) is 6. The van der Waals surface area contributed by atoms with Gasteiger partial charge >= 0.3 is 5.97 Å². The monoisotopic (exact) mass is 259 g/mol. The van der Waals surface area contributed by atoms with Crippen LogP contribution >= 0.6 is 0 Å². The Balaban J connectivity index is 1.85. The molecule has 0 saturated carbocycles. The summed E-state index contributed by atoms with van der Waals surface area (Å²) in [5.74, 6) is 0.531. The Morgan fingerprint density at radius 2 is 2.11 bits per heavy atom. The number of fused-ring (bicyclic) bond motifs is 1. The zero-order chi connectivity index (χ0) is 13.2. The average molecular weight is 259 g/mol. The molecule has 0 fully saturated rings. The molecule has 2 heterocycles. The number of benzene rings is 1. The molecule has 0 radical (unpaired) electrons. The maximum Gasteiger partial charge on any atom is 0.356 e. The molecule has 0 unspecified atom stereocenters. The molecule has 0 saturated heterocycles. The number of carbonyl (C=O) groups is 1. The second-order valence-electron chi connectivity index (χ2n) is 3.79. The lowest BCUT2D eigenvalue weighted by molar-refractivity contribution is 0.0690. The summed E-state index contributed by atoms with van der Waals surface area (Å²) < 4.78 is 10.4. The number of ether oxygens (including phenoxy) is 2. The van der Waals surface area contributed by atoms with Gasteiger partial charge in [0.1, 0.15) is 5.82 Å². The van der Waals surface area contributed by atoms with Crippen molar-refractivity contribution in [3.05, 3.63) is 36.3 Å². The molecule has 3 rings (SSSR count). The van der Waals surface area contributed by atoms with Crippen molar-refractivity contribution in [2.45, 2.75) is 0 Å². The summed E-state index contributed by atoms with van der Waals surface area (Å²) in [7, 11) is 0. The van der Waals surface area contributed by atoms with Crippen LogP contribution in [-0.4, -0.2) is 27.8 Å². The standard InChI is InChI=1S/C12H9N3O4/c16-12(17)8-4-13-5-11(15-8)14-7-1-2-9-10(3-7)19-6-18-9/h1-5H,6H2,(H,14,15)(H,16,17). The van der Waals surface area contributed by atoms with Crippen LogP contribution in [0.1, 0.15) is 10.5 Å². The van der Waals surface area contributed by atoms with Crippen LogP contribution in [0.25, 0.3) is 0 Å². The molecule has 96 valence electrons. The predicted octanol–water partition coefficient (Wildman–Crippen LogP) is 1.65. The molecule has 0 atom stereocenters. The smallest absolute Gasteiger partial charge is 0.356 e. The zero-order valence-corrected chi connectivity index (χ0v) is 9.66. The highest BCUT2D eigenvalue weighted by molar-refractivity contribution is 5.85. The van der Waals surface area contributed by atoms with Crippen LogP contribution in [0.3, 0.4) is 0 Å². The summed E-state index contributed by atoms with van der Waals surface area (Å²) in [5, 5.41) is 11.8. The third kappa shape index (κ3) is 2.25. The van der Waals surface area contributed by atoms with E-state index >= 15 is 0 Å². The highest BCUT2D eigenvalue weighted by Crippen LogP contribution is 2.34. The van der Waals surface area contributed by atoms with Crippen molar-refractivity contribution in [1.29, 1.82) is 0 Å². The molecule has 0 aliphatic carbocycles. The van der Waals surface area contributed by atoms with Gasteiger partial charge in [0.15, 0.2) is 17.2 Å². The van der Waals surface area contributed by atoms with Gasteiger partial charge in [0.05, 0.1) is 12.4 Å². The SMILES string of the molecule is O=C(O)c1cncc(Nc2ccc3c(c2)OCO3)n1. The fourth-order valence-corrected chi connectivity index (χ4v) is 1.65. The average Bonchev–Trinajstić information content (AvgIpc) is 2.86. The van der Waals surface area contributed by atoms with Gasteiger partial charge in [-0.3, -0.25) is 4.98 Å². The first-order valence-corrected chi connectivity index (χ1v) is 5.44. The van der Waals surface area contributed by atoms with E-state index < -0.39 is 5.97 Å². The Morgan fingerprint density at radius 1 is 1.26 bits per heavy atom. The molecule has 2 N–H and O–H groups in total. The number of anilines is 2. The number of nitrogens with one attached hydrogen (secondary N) is 1. The Labute approximate surface area is 107 Å². The highest BCUT2D eigenvalue weighted by atomic mass is 16.7. The largest absolute Gasteiger partial charge is 0.476 e. The first kappa shape index (κ1) is 11.3. The first-order valence-electron chi connectivity index (χ1n) is 5.44. The summed E-state index contributed by atoms with van der Waals surface area (Å²) in [6.07, 6.45) is 2.63. The van der Waals surface area contributed by atoms with Gasteiger partial charge in [-0.05, 0) is 12.1 Å². The van der Waals surface area contributed by atoms with Gasteiger partial charge < -0.3 is 19.9 Å². The Bertz CT molecular complexity index is 645. The van der Waals surface area contributed by atoms with Crippen LogP contribution in [0.4, 0.5) is 11.5 Å². The van der Waals surface area contributed by atoms with E-state index in [9.17, 15) is 4.79 Å². The topological polar surface area (TPSA) is 93.6 Å². The quantitative estimate of drug-likeness (QED) is 0.865. The van der Waals surface area contributed by atoms with E-state index in [1.807, 2.05) is 0 Å². The van der Waals surface area contributed by atoms with Crippen molar-refractivity contribution in [1.82, 2.24) is 9.97 Å². The molecular weight excluding hydrogens is 250 g/mol. The van der Waals surface area contributed by atoms with E-state index in [1.54, 1.807) is 18.2 Å². The molecule has 19 heavy (non-hydrogen) atoms. The Hall–Kier alpha value is -2.83. The molecule has 7 nitrogen and oxygen atoms in total. The summed E-state index contributed by atoms with van der Waals surface area (Å²) in [6.45, 7) is 0.201. The molecular formula is C12H9N3O4. The first-order chi connectivity index (χ1) is 9.22. The van der Waals surface area contributed by atoms with E-state index in [-0.39, 0.29) is 12.5 Å². The van der Waals surface area contributed by atoms with Gasteiger partial charge in [-0.1, -0.05) is 0 Å². The van der Waals surface area contributed by atoms with E-state index in [4.69, 9.17) is 14.6 Å². The molecule has 1 aliphatic heterocycles. The van der Waals surface area contributed by atoms with E-state index in [0.717, 1.165) is 0 Å². The normalized spacial score (nSPS) is 12.2.